The van der Waals surface area contributed by atoms with Crippen molar-refractivity contribution >= 4 is 0 Å². The van der Waals surface area contributed by atoms with E-state index in [2.05, 4.69) is 35.3 Å². The Kier molecular flexibility index (Phi) is 25.8. The summed E-state index contributed by atoms with van der Waals surface area (Å²) in [5, 5.41) is 3.50. The largest absolute Gasteiger partial charge is 0.668 e. The van der Waals surface area contributed by atoms with Gasteiger partial charge in [0.05, 0.1) is 0 Å². The van der Waals surface area contributed by atoms with Crippen LogP contribution in [0.3, 0.4) is 0 Å². The van der Waals surface area contributed by atoms with Crippen LogP contribution >= 0.6 is 0 Å². The Morgan fingerprint density at radius 3 is 1.29 bits per heavy atom. The topological polar surface area (TPSA) is 26.5 Å². The van der Waals surface area contributed by atoms with Gasteiger partial charge in [-0.1, -0.05) is 38.5 Å². The maximum Gasteiger partial charge on any atom is -0.0582 e. The summed E-state index contributed by atoms with van der Waals surface area (Å²) < 4.78 is 4.12. The normalized spacial score (nSPS) is 18.4. The predicted molar refractivity (Wildman–Crippen MR) is 92.2 cm³/mol. The van der Waals surface area contributed by atoms with E-state index in [-0.39, 0.29) is 0 Å². The zero-order chi connectivity index (χ0) is 16.2. The molecule has 1 atom stereocenters. The average Bonchev–Trinajstić information content (AvgIpc) is 2.59. The van der Waals surface area contributed by atoms with Crippen molar-refractivity contribution in [3.05, 3.63) is 18.2 Å². The maximum absolute atomic E-state index is 4.12. The first-order valence-corrected chi connectivity index (χ1v) is 10.1. The minimum atomic E-state index is 0.610. The summed E-state index contributed by atoms with van der Waals surface area (Å²) in [7, 11) is 3.50. The monoisotopic (exact) mass is 462 g/mol. The quantitative estimate of drug-likeness (QED) is 0.422. The Bertz CT molecular complexity index is 143. The van der Waals surface area contributed by atoms with Gasteiger partial charge in [-0.3, -0.25) is 0 Å². The zero-order valence-electron chi connectivity index (χ0n) is 14.9. The third kappa shape index (κ3) is 25.8. The molecule has 0 saturated heterocycles. The predicted octanol–water partition coefficient (Wildman–Crippen LogP) is 6.44. The Morgan fingerprint density at radius 2 is 1.24 bits per heavy atom. The van der Waals surface area contributed by atoms with E-state index in [1.165, 1.54) is 91.5 Å². The molecule has 0 heterocycles. The van der Waals surface area contributed by atoms with E-state index in [1.54, 1.807) is 14.1 Å². The molecule has 0 aliphatic heterocycles. The molecular weight excluding hydrogens is 425 g/mol. The van der Waals surface area contributed by atoms with Crippen LogP contribution in [0.15, 0.2) is 3.34 Å². The SMILES string of the molecule is CCC(C)[N]=[Ta].C[N-]C.[CH-]1CCCCC1.[CH-]1CCCCC1. The third-order valence-electron chi connectivity index (χ3n) is 3.42. The van der Waals surface area contributed by atoms with Gasteiger partial charge in [-0.2, -0.15) is 39.8 Å². The van der Waals surface area contributed by atoms with Crippen LogP contribution in [-0.2, 0) is 20.9 Å². The molecule has 2 nitrogen and oxygen atoms in total. The molecule has 0 N–H and O–H groups in total. The number of hydrogen-bond donors (Lipinski definition) is 0. The summed E-state index contributed by atoms with van der Waals surface area (Å²) in [4.78, 5) is 0. The minimum Gasteiger partial charge on any atom is -0.668 e. The van der Waals surface area contributed by atoms with Gasteiger partial charge in [0, 0.05) is 0 Å². The number of hydrogen-bond acceptors (Lipinski definition) is 1. The van der Waals surface area contributed by atoms with Crippen LogP contribution in [-0.4, -0.2) is 20.1 Å². The molecule has 2 aliphatic rings. The van der Waals surface area contributed by atoms with Crippen LogP contribution in [0.5, 0.6) is 0 Å². The van der Waals surface area contributed by atoms with Crippen LogP contribution in [0.25, 0.3) is 5.32 Å². The number of nitrogens with zero attached hydrogens (tertiary/aromatic N) is 2. The van der Waals surface area contributed by atoms with Crippen molar-refractivity contribution in [2.75, 3.05) is 14.1 Å². The fraction of sp³-hybridized carbons (Fsp3) is 0.889. The van der Waals surface area contributed by atoms with Gasteiger partial charge in [-0.15, -0.1) is 0 Å². The summed E-state index contributed by atoms with van der Waals surface area (Å²) in [6.07, 6.45) is 20.2. The van der Waals surface area contributed by atoms with Crippen molar-refractivity contribution in [1.82, 2.24) is 0 Å². The van der Waals surface area contributed by atoms with Gasteiger partial charge in [0.15, 0.2) is 0 Å². The van der Waals surface area contributed by atoms with Crippen LogP contribution in [0.2, 0.25) is 0 Å². The summed E-state index contributed by atoms with van der Waals surface area (Å²) in [6, 6.07) is 0.610. The molecule has 1 unspecified atom stereocenters. The van der Waals surface area contributed by atoms with Crippen molar-refractivity contribution in [1.29, 1.82) is 0 Å². The molecule has 2 aliphatic carbocycles. The van der Waals surface area contributed by atoms with Gasteiger partial charge in [0.1, 0.15) is 0 Å². The summed E-state index contributed by atoms with van der Waals surface area (Å²) >= 11 is 1.18. The standard InChI is InChI=1S/2C6H11.C4H9N.C2H6N.Ta/c2*1-2-4-6-5-3-1;1-3-4(2)5;1-3-2;/h2*1H,2-6H2;4H,3H2,1-2H3;1-2H3;/q2*-1;;-1;. The van der Waals surface area contributed by atoms with E-state index in [9.17, 15) is 0 Å². The van der Waals surface area contributed by atoms with Crippen molar-refractivity contribution in [2.45, 2.75) is 90.5 Å². The zero-order valence-corrected chi connectivity index (χ0v) is 18.1. The molecule has 0 amide bonds. The molecule has 0 aromatic heterocycles. The van der Waals surface area contributed by atoms with Gasteiger partial charge < -0.3 is 18.2 Å². The molecule has 0 aromatic carbocycles. The van der Waals surface area contributed by atoms with Crippen LogP contribution < -0.4 is 0 Å². The first-order valence-electron chi connectivity index (χ1n) is 8.68. The van der Waals surface area contributed by atoms with Crippen LogP contribution in [0, 0.1) is 12.8 Å². The second-order valence-electron chi connectivity index (χ2n) is 5.67. The molecule has 127 valence electrons. The fourth-order valence-corrected chi connectivity index (χ4v) is 2.47. The molecule has 3 heteroatoms. The molecular formula is C18H37N2Ta-3. The van der Waals surface area contributed by atoms with Gasteiger partial charge >= 0.3 is 50.5 Å². The average molecular weight is 462 g/mol. The summed E-state index contributed by atoms with van der Waals surface area (Å²) in [6.45, 7) is 4.29. The molecule has 0 aromatic rings. The van der Waals surface area contributed by atoms with Crippen LogP contribution in [0.1, 0.15) is 84.5 Å². The van der Waals surface area contributed by atoms with Crippen molar-refractivity contribution in [3.8, 4) is 0 Å². The van der Waals surface area contributed by atoms with E-state index >= 15 is 0 Å². The molecule has 2 fully saturated rings. The van der Waals surface area contributed by atoms with E-state index in [0.717, 1.165) is 0 Å². The van der Waals surface area contributed by atoms with Gasteiger partial charge in [-0.05, 0) is 0 Å². The molecule has 2 rings (SSSR count). The van der Waals surface area contributed by atoms with E-state index in [4.69, 9.17) is 0 Å². The van der Waals surface area contributed by atoms with Crippen molar-refractivity contribution in [3.63, 3.8) is 0 Å². The fourth-order valence-electron chi connectivity index (χ4n) is 1.88. The molecule has 21 heavy (non-hydrogen) atoms. The second kappa shape index (κ2) is 22.8. The van der Waals surface area contributed by atoms with E-state index in [1.807, 2.05) is 0 Å². The third-order valence-corrected chi connectivity index (χ3v) is 4.84. The first kappa shape index (κ1) is 23.8. The van der Waals surface area contributed by atoms with Crippen molar-refractivity contribution < 1.29 is 20.9 Å². The Balaban J connectivity index is 0. The molecule has 2 saturated carbocycles. The van der Waals surface area contributed by atoms with Gasteiger partial charge in [0.25, 0.3) is 0 Å². The maximum atomic E-state index is 4.12. The van der Waals surface area contributed by atoms with Gasteiger partial charge in [0.2, 0.25) is 0 Å². The molecule has 0 spiro atoms. The summed E-state index contributed by atoms with van der Waals surface area (Å²) in [5.74, 6) is 0. The minimum absolute atomic E-state index is 0.610. The van der Waals surface area contributed by atoms with Crippen LogP contribution in [0.4, 0.5) is 0 Å². The van der Waals surface area contributed by atoms with E-state index in [0.29, 0.717) is 6.04 Å². The Morgan fingerprint density at radius 1 is 0.905 bits per heavy atom. The number of rotatable bonds is 2. The van der Waals surface area contributed by atoms with Gasteiger partial charge in [-0.25, -0.2) is 0 Å². The van der Waals surface area contributed by atoms with E-state index < -0.39 is 0 Å². The Labute approximate surface area is 147 Å². The molecule has 0 radical (unpaired) electrons. The summed E-state index contributed by atoms with van der Waals surface area (Å²) in [5.41, 5.74) is 0. The first-order chi connectivity index (χ1) is 10.2. The smallest absolute Gasteiger partial charge is 0.0582 e. The van der Waals surface area contributed by atoms with Crippen molar-refractivity contribution in [2.24, 2.45) is 3.34 Å². The second-order valence-corrected chi connectivity index (χ2v) is 6.50. The molecule has 0 bridgehead atoms. The Hall–Kier alpha value is 0.500.